The van der Waals surface area contributed by atoms with Gasteiger partial charge in [-0.1, -0.05) is 46.6 Å². The summed E-state index contributed by atoms with van der Waals surface area (Å²) in [6, 6.07) is 4.38. The Morgan fingerprint density at radius 2 is 1.65 bits per heavy atom. The van der Waals surface area contributed by atoms with E-state index in [2.05, 4.69) is 15.3 Å². The van der Waals surface area contributed by atoms with Crippen LogP contribution in [-0.4, -0.2) is 21.1 Å². The number of thioether (sulfide) groups is 1. The normalized spacial score (nSPS) is 12.0. The zero-order valence-corrected chi connectivity index (χ0v) is 14.9. The Morgan fingerprint density at radius 1 is 1.09 bits per heavy atom. The van der Waals surface area contributed by atoms with Crippen LogP contribution in [0.1, 0.15) is 6.92 Å². The van der Waals surface area contributed by atoms with Gasteiger partial charge < -0.3 is 16.8 Å². The van der Waals surface area contributed by atoms with Crippen LogP contribution in [0.5, 0.6) is 0 Å². The van der Waals surface area contributed by atoms with Crippen molar-refractivity contribution in [1.29, 1.82) is 0 Å². The highest BCUT2D eigenvalue weighted by molar-refractivity contribution is 8.00. The summed E-state index contributed by atoms with van der Waals surface area (Å²) < 4.78 is 0. The van der Waals surface area contributed by atoms with Gasteiger partial charge in [0, 0.05) is 6.07 Å². The summed E-state index contributed by atoms with van der Waals surface area (Å²) >= 11 is 18.9. The lowest BCUT2D eigenvalue weighted by Gasteiger charge is -2.13. The number of rotatable bonds is 4. The molecule has 122 valence electrons. The molecule has 2 rings (SSSR count). The molecule has 0 spiro atoms. The van der Waals surface area contributed by atoms with Crippen LogP contribution in [-0.2, 0) is 4.79 Å². The second-order valence-corrected chi connectivity index (χ2v) is 7.03. The highest BCUT2D eigenvalue weighted by Crippen LogP contribution is 2.33. The Hall–Kier alpha value is -1.41. The summed E-state index contributed by atoms with van der Waals surface area (Å²) in [6.07, 6.45) is 0. The van der Waals surface area contributed by atoms with Gasteiger partial charge in [0.25, 0.3) is 0 Å². The first-order valence-corrected chi connectivity index (χ1v) is 8.29. The molecule has 1 aromatic heterocycles. The highest BCUT2D eigenvalue weighted by Gasteiger charge is 2.18. The number of nitrogens with one attached hydrogen (secondary N) is 1. The molecule has 0 aliphatic rings. The first-order chi connectivity index (χ1) is 10.8. The average Bonchev–Trinajstić information content (AvgIpc) is 2.43. The van der Waals surface area contributed by atoms with Crippen LogP contribution < -0.4 is 16.8 Å². The maximum atomic E-state index is 12.3. The molecule has 1 amide bonds. The van der Waals surface area contributed by atoms with E-state index in [1.54, 1.807) is 6.92 Å². The van der Waals surface area contributed by atoms with Crippen LogP contribution in [0, 0.1) is 0 Å². The molecule has 0 saturated heterocycles. The molecule has 1 aromatic carbocycles. The number of halogens is 3. The van der Waals surface area contributed by atoms with Gasteiger partial charge in [0.1, 0.15) is 11.6 Å². The highest BCUT2D eigenvalue weighted by atomic mass is 35.5. The van der Waals surface area contributed by atoms with Crippen molar-refractivity contribution >= 4 is 69.8 Å². The number of anilines is 3. The van der Waals surface area contributed by atoms with Crippen molar-refractivity contribution in [3.05, 3.63) is 33.3 Å². The molecule has 0 fully saturated rings. The second-order valence-electron chi connectivity index (χ2n) is 4.50. The molecule has 0 bridgehead atoms. The fourth-order valence-corrected chi connectivity index (χ4v) is 2.97. The van der Waals surface area contributed by atoms with Gasteiger partial charge in [-0.2, -0.15) is 0 Å². The van der Waals surface area contributed by atoms with Gasteiger partial charge in [0.05, 0.1) is 26.0 Å². The Balaban J connectivity index is 2.09. The third kappa shape index (κ3) is 4.78. The third-order valence-electron chi connectivity index (χ3n) is 2.66. The molecule has 5 N–H and O–H groups in total. The van der Waals surface area contributed by atoms with Crippen LogP contribution >= 0.6 is 46.6 Å². The molecule has 0 saturated carbocycles. The van der Waals surface area contributed by atoms with Gasteiger partial charge in [-0.05, 0) is 19.1 Å². The van der Waals surface area contributed by atoms with E-state index >= 15 is 0 Å². The molecule has 1 unspecified atom stereocenters. The minimum Gasteiger partial charge on any atom is -0.383 e. The van der Waals surface area contributed by atoms with E-state index in [0.717, 1.165) is 11.8 Å². The summed E-state index contributed by atoms with van der Waals surface area (Å²) in [7, 11) is 0. The minimum atomic E-state index is -0.512. The van der Waals surface area contributed by atoms with E-state index in [-0.39, 0.29) is 22.6 Å². The van der Waals surface area contributed by atoms with Crippen LogP contribution in [0.4, 0.5) is 17.3 Å². The van der Waals surface area contributed by atoms with Gasteiger partial charge in [-0.3, -0.25) is 4.79 Å². The first kappa shape index (κ1) is 17.9. The molecule has 6 nitrogen and oxygen atoms in total. The van der Waals surface area contributed by atoms with E-state index in [1.807, 2.05) is 0 Å². The zero-order valence-electron chi connectivity index (χ0n) is 11.8. The number of aromatic nitrogens is 2. The third-order valence-corrected chi connectivity index (χ3v) is 4.66. The lowest BCUT2D eigenvalue weighted by atomic mass is 10.3. The number of hydrogen-bond donors (Lipinski definition) is 3. The SMILES string of the molecule is CC(Sc1nc(N)cc(N)n1)C(=O)Nc1cc(Cl)c(Cl)cc1Cl. The fraction of sp³-hybridized carbons (Fsp3) is 0.154. The standard InChI is InChI=1S/C13H12Cl3N5OS/c1-5(23-13-20-10(17)4-11(18)21-13)12(22)19-9-3-7(15)6(14)2-8(9)16/h2-5H,1H3,(H,19,22)(H4,17,18,20,21). The summed E-state index contributed by atoms with van der Waals surface area (Å²) in [5, 5.41) is 3.36. The number of amides is 1. The van der Waals surface area contributed by atoms with Crippen molar-refractivity contribution in [2.75, 3.05) is 16.8 Å². The molecule has 10 heteroatoms. The zero-order chi connectivity index (χ0) is 17.1. The molecule has 2 aromatic rings. The number of carbonyl (C=O) groups excluding carboxylic acids is 1. The topological polar surface area (TPSA) is 107 Å². The van der Waals surface area contributed by atoms with Crippen molar-refractivity contribution in [3.63, 3.8) is 0 Å². The van der Waals surface area contributed by atoms with Crippen molar-refractivity contribution < 1.29 is 4.79 Å². The van der Waals surface area contributed by atoms with Crippen LogP contribution in [0.2, 0.25) is 15.1 Å². The molecular formula is C13H12Cl3N5OS. The summed E-state index contributed by atoms with van der Waals surface area (Å²) in [5.74, 6) is 0.167. The number of nitrogens with zero attached hydrogens (tertiary/aromatic N) is 2. The molecule has 23 heavy (non-hydrogen) atoms. The van der Waals surface area contributed by atoms with Gasteiger partial charge in [0.2, 0.25) is 5.91 Å². The summed E-state index contributed by atoms with van der Waals surface area (Å²) in [5.41, 5.74) is 11.6. The first-order valence-electron chi connectivity index (χ1n) is 6.28. The molecule has 0 aliphatic heterocycles. The summed E-state index contributed by atoms with van der Waals surface area (Å²) in [4.78, 5) is 20.3. The largest absolute Gasteiger partial charge is 0.383 e. The van der Waals surface area contributed by atoms with Gasteiger partial charge in [0.15, 0.2) is 5.16 Å². The Bertz CT molecular complexity index is 738. The smallest absolute Gasteiger partial charge is 0.237 e. The fourth-order valence-electron chi connectivity index (χ4n) is 1.58. The second kappa shape index (κ2) is 7.44. The van der Waals surface area contributed by atoms with E-state index in [1.165, 1.54) is 18.2 Å². The van der Waals surface area contributed by atoms with Crippen LogP contribution in [0.15, 0.2) is 23.4 Å². The quantitative estimate of drug-likeness (QED) is 0.416. The van der Waals surface area contributed by atoms with E-state index in [9.17, 15) is 4.79 Å². The van der Waals surface area contributed by atoms with Gasteiger partial charge in [-0.25, -0.2) is 9.97 Å². The monoisotopic (exact) mass is 391 g/mol. The number of benzene rings is 1. The number of carbonyl (C=O) groups is 1. The van der Waals surface area contributed by atoms with E-state index < -0.39 is 5.25 Å². The number of hydrogen-bond acceptors (Lipinski definition) is 6. The minimum absolute atomic E-state index is 0.236. The molecule has 1 atom stereocenters. The maximum Gasteiger partial charge on any atom is 0.237 e. The molecule has 1 heterocycles. The van der Waals surface area contributed by atoms with Crippen molar-refractivity contribution in [2.45, 2.75) is 17.3 Å². The van der Waals surface area contributed by atoms with Crippen molar-refractivity contribution in [2.24, 2.45) is 0 Å². The molecule has 0 radical (unpaired) electrons. The van der Waals surface area contributed by atoms with E-state index in [0.29, 0.717) is 20.9 Å². The van der Waals surface area contributed by atoms with E-state index in [4.69, 9.17) is 46.3 Å². The lowest BCUT2D eigenvalue weighted by molar-refractivity contribution is -0.115. The Labute approximate surface area is 151 Å². The van der Waals surface area contributed by atoms with Crippen LogP contribution in [0.25, 0.3) is 0 Å². The van der Waals surface area contributed by atoms with Crippen molar-refractivity contribution in [3.8, 4) is 0 Å². The average molecular weight is 393 g/mol. The predicted octanol–water partition coefficient (Wildman–Crippen LogP) is 3.72. The number of nitrogen functional groups attached to an aromatic ring is 2. The lowest BCUT2D eigenvalue weighted by Crippen LogP contribution is -2.23. The number of nitrogens with two attached hydrogens (primary N) is 2. The van der Waals surface area contributed by atoms with Crippen molar-refractivity contribution in [1.82, 2.24) is 9.97 Å². The van der Waals surface area contributed by atoms with Crippen LogP contribution in [0.3, 0.4) is 0 Å². The van der Waals surface area contributed by atoms with Gasteiger partial charge in [-0.15, -0.1) is 0 Å². The maximum absolute atomic E-state index is 12.3. The Kier molecular flexibility index (Phi) is 5.80. The van der Waals surface area contributed by atoms with Gasteiger partial charge >= 0.3 is 0 Å². The summed E-state index contributed by atoms with van der Waals surface area (Å²) in [6.45, 7) is 1.69. The Morgan fingerprint density at radius 3 is 2.26 bits per heavy atom. The molecular weight excluding hydrogens is 381 g/mol. The predicted molar refractivity (Wildman–Crippen MR) is 96.3 cm³/mol. The molecule has 0 aliphatic carbocycles.